The standard InChI is InChI=1S/C21H25NO2/c1-2-16-7-6-12-22(14-16)15-19-13-18(21(23)24)10-11-20(19)17-8-4-3-5-9-17/h3-5,8-11,13,16H,2,6-7,12,14-15H2,1H3,(H,23,24). The third kappa shape index (κ3) is 3.85. The van der Waals surface area contributed by atoms with E-state index in [9.17, 15) is 9.90 Å². The molecule has 126 valence electrons. The van der Waals surface area contributed by atoms with Crippen LogP contribution in [0.15, 0.2) is 48.5 Å². The summed E-state index contributed by atoms with van der Waals surface area (Å²) in [7, 11) is 0. The van der Waals surface area contributed by atoms with Gasteiger partial charge >= 0.3 is 5.97 Å². The van der Waals surface area contributed by atoms with E-state index in [1.54, 1.807) is 6.07 Å². The molecule has 0 spiro atoms. The van der Waals surface area contributed by atoms with Gasteiger partial charge in [-0.15, -0.1) is 0 Å². The lowest BCUT2D eigenvalue weighted by molar-refractivity contribution is 0.0696. The first-order valence-electron chi connectivity index (χ1n) is 8.81. The largest absolute Gasteiger partial charge is 0.478 e. The van der Waals surface area contributed by atoms with Gasteiger partial charge in [-0.25, -0.2) is 4.79 Å². The maximum Gasteiger partial charge on any atom is 0.335 e. The van der Waals surface area contributed by atoms with Gasteiger partial charge < -0.3 is 5.11 Å². The zero-order chi connectivity index (χ0) is 16.9. The Morgan fingerprint density at radius 3 is 2.71 bits per heavy atom. The van der Waals surface area contributed by atoms with Crippen LogP contribution in [0, 0.1) is 5.92 Å². The topological polar surface area (TPSA) is 40.5 Å². The van der Waals surface area contributed by atoms with Gasteiger partial charge in [-0.1, -0.05) is 49.7 Å². The van der Waals surface area contributed by atoms with Crippen molar-refractivity contribution >= 4 is 5.97 Å². The number of aromatic carboxylic acids is 1. The molecule has 0 aromatic heterocycles. The maximum absolute atomic E-state index is 11.4. The van der Waals surface area contributed by atoms with Crippen molar-refractivity contribution in [3.05, 3.63) is 59.7 Å². The first-order chi connectivity index (χ1) is 11.7. The Balaban J connectivity index is 1.91. The fourth-order valence-electron chi connectivity index (χ4n) is 3.63. The smallest absolute Gasteiger partial charge is 0.335 e. The SMILES string of the molecule is CCC1CCCN(Cc2cc(C(=O)O)ccc2-c2ccccc2)C1. The predicted octanol–water partition coefficient (Wildman–Crippen LogP) is 4.67. The van der Waals surface area contributed by atoms with E-state index in [0.29, 0.717) is 5.56 Å². The summed E-state index contributed by atoms with van der Waals surface area (Å²) in [6.45, 7) is 5.29. The Labute approximate surface area is 143 Å². The Morgan fingerprint density at radius 2 is 2.00 bits per heavy atom. The van der Waals surface area contributed by atoms with Gasteiger partial charge in [0.05, 0.1) is 5.56 Å². The highest BCUT2D eigenvalue weighted by atomic mass is 16.4. The maximum atomic E-state index is 11.4. The molecule has 3 rings (SSSR count). The second-order valence-corrected chi connectivity index (χ2v) is 6.69. The van der Waals surface area contributed by atoms with E-state index in [2.05, 4.69) is 24.0 Å². The second kappa shape index (κ2) is 7.63. The van der Waals surface area contributed by atoms with E-state index in [4.69, 9.17) is 0 Å². The number of benzene rings is 2. The summed E-state index contributed by atoms with van der Waals surface area (Å²) in [5.74, 6) is -0.0949. The van der Waals surface area contributed by atoms with Gasteiger partial charge in [0.25, 0.3) is 0 Å². The van der Waals surface area contributed by atoms with Crippen LogP contribution < -0.4 is 0 Å². The van der Waals surface area contributed by atoms with E-state index in [1.165, 1.54) is 19.3 Å². The molecule has 0 amide bonds. The number of carboxylic acid groups (broad SMARTS) is 1. The fourth-order valence-corrected chi connectivity index (χ4v) is 3.63. The molecule has 1 N–H and O–H groups in total. The molecular formula is C21H25NO2. The molecule has 0 aliphatic carbocycles. The average Bonchev–Trinajstić information content (AvgIpc) is 2.62. The minimum absolute atomic E-state index is 0.369. The van der Waals surface area contributed by atoms with E-state index in [0.717, 1.165) is 42.2 Å². The minimum Gasteiger partial charge on any atom is -0.478 e. The number of likely N-dealkylation sites (tertiary alicyclic amines) is 1. The van der Waals surface area contributed by atoms with E-state index in [-0.39, 0.29) is 0 Å². The zero-order valence-electron chi connectivity index (χ0n) is 14.2. The summed E-state index contributed by atoms with van der Waals surface area (Å²) in [6.07, 6.45) is 3.77. The average molecular weight is 323 g/mol. The van der Waals surface area contributed by atoms with Crippen LogP contribution in [-0.2, 0) is 6.54 Å². The Morgan fingerprint density at radius 1 is 1.21 bits per heavy atom. The molecule has 1 atom stereocenters. The first-order valence-corrected chi connectivity index (χ1v) is 8.81. The van der Waals surface area contributed by atoms with Crippen LogP contribution in [0.25, 0.3) is 11.1 Å². The third-order valence-corrected chi connectivity index (χ3v) is 5.01. The molecule has 1 heterocycles. The highest BCUT2D eigenvalue weighted by molar-refractivity contribution is 5.89. The molecule has 0 radical (unpaired) electrons. The Hall–Kier alpha value is -2.13. The van der Waals surface area contributed by atoms with Gasteiger partial charge in [0.15, 0.2) is 0 Å². The summed E-state index contributed by atoms with van der Waals surface area (Å²) >= 11 is 0. The molecule has 1 aliphatic heterocycles. The number of carboxylic acids is 1. The molecule has 0 bridgehead atoms. The van der Waals surface area contributed by atoms with Gasteiger partial charge in [-0.3, -0.25) is 4.90 Å². The van der Waals surface area contributed by atoms with Gasteiger partial charge in [-0.2, -0.15) is 0 Å². The monoisotopic (exact) mass is 323 g/mol. The molecule has 3 nitrogen and oxygen atoms in total. The Kier molecular flexibility index (Phi) is 5.31. The summed E-state index contributed by atoms with van der Waals surface area (Å²) in [6, 6.07) is 15.7. The number of nitrogens with zero attached hydrogens (tertiary/aromatic N) is 1. The molecule has 1 aliphatic rings. The Bertz CT molecular complexity index is 696. The number of carbonyl (C=O) groups is 1. The van der Waals surface area contributed by atoms with Crippen molar-refractivity contribution < 1.29 is 9.90 Å². The zero-order valence-corrected chi connectivity index (χ0v) is 14.2. The van der Waals surface area contributed by atoms with Gasteiger partial charge in [0.1, 0.15) is 0 Å². The van der Waals surface area contributed by atoms with Crippen LogP contribution in [0.3, 0.4) is 0 Å². The van der Waals surface area contributed by atoms with Crippen molar-refractivity contribution in [2.24, 2.45) is 5.92 Å². The van der Waals surface area contributed by atoms with Gasteiger partial charge in [0, 0.05) is 13.1 Å². The van der Waals surface area contributed by atoms with Crippen molar-refractivity contribution in [2.75, 3.05) is 13.1 Å². The van der Waals surface area contributed by atoms with Crippen molar-refractivity contribution in [1.82, 2.24) is 4.90 Å². The molecule has 1 saturated heterocycles. The van der Waals surface area contributed by atoms with Crippen LogP contribution in [0.4, 0.5) is 0 Å². The summed E-state index contributed by atoms with van der Waals surface area (Å²) in [5.41, 5.74) is 3.76. The molecule has 2 aromatic carbocycles. The van der Waals surface area contributed by atoms with Crippen molar-refractivity contribution in [1.29, 1.82) is 0 Å². The van der Waals surface area contributed by atoms with E-state index >= 15 is 0 Å². The second-order valence-electron chi connectivity index (χ2n) is 6.69. The quantitative estimate of drug-likeness (QED) is 0.869. The van der Waals surface area contributed by atoms with Crippen molar-refractivity contribution in [2.45, 2.75) is 32.7 Å². The molecule has 24 heavy (non-hydrogen) atoms. The normalized spacial score (nSPS) is 18.5. The molecule has 1 unspecified atom stereocenters. The van der Waals surface area contributed by atoms with Crippen molar-refractivity contribution in [3.63, 3.8) is 0 Å². The highest BCUT2D eigenvalue weighted by Gasteiger charge is 2.20. The molecule has 1 fully saturated rings. The van der Waals surface area contributed by atoms with Crippen LogP contribution >= 0.6 is 0 Å². The lowest BCUT2D eigenvalue weighted by atomic mass is 9.93. The lowest BCUT2D eigenvalue weighted by Gasteiger charge is -2.32. The first kappa shape index (κ1) is 16.7. The predicted molar refractivity (Wildman–Crippen MR) is 97.1 cm³/mol. The van der Waals surface area contributed by atoms with E-state index < -0.39 is 5.97 Å². The summed E-state index contributed by atoms with van der Waals surface area (Å²) in [5, 5.41) is 9.34. The summed E-state index contributed by atoms with van der Waals surface area (Å²) < 4.78 is 0. The molecule has 2 aromatic rings. The molecule has 0 saturated carbocycles. The van der Waals surface area contributed by atoms with Crippen molar-refractivity contribution in [3.8, 4) is 11.1 Å². The number of rotatable bonds is 5. The third-order valence-electron chi connectivity index (χ3n) is 5.01. The van der Waals surface area contributed by atoms with Crippen LogP contribution in [-0.4, -0.2) is 29.1 Å². The minimum atomic E-state index is -0.860. The van der Waals surface area contributed by atoms with Crippen LogP contribution in [0.1, 0.15) is 42.1 Å². The van der Waals surface area contributed by atoms with Gasteiger partial charge in [0.2, 0.25) is 0 Å². The van der Waals surface area contributed by atoms with Gasteiger partial charge in [-0.05, 0) is 54.1 Å². The van der Waals surface area contributed by atoms with Crippen LogP contribution in [0.2, 0.25) is 0 Å². The number of hydrogen-bond donors (Lipinski definition) is 1. The molecular weight excluding hydrogens is 298 g/mol. The molecule has 3 heteroatoms. The van der Waals surface area contributed by atoms with E-state index in [1.807, 2.05) is 30.3 Å². The number of hydrogen-bond acceptors (Lipinski definition) is 2. The van der Waals surface area contributed by atoms with Crippen LogP contribution in [0.5, 0.6) is 0 Å². The highest BCUT2D eigenvalue weighted by Crippen LogP contribution is 2.28. The fraction of sp³-hybridized carbons (Fsp3) is 0.381. The summed E-state index contributed by atoms with van der Waals surface area (Å²) in [4.78, 5) is 13.9. The number of piperidine rings is 1. The lowest BCUT2D eigenvalue weighted by Crippen LogP contribution is -2.34.